The molecule has 30 heavy (non-hydrogen) atoms. The summed E-state index contributed by atoms with van der Waals surface area (Å²) in [5.74, 6) is 0.894. The topological polar surface area (TPSA) is 62.7 Å². The molecule has 0 atom stereocenters. The van der Waals surface area contributed by atoms with Gasteiger partial charge >= 0.3 is 6.03 Å². The molecule has 2 amide bonds. The predicted octanol–water partition coefficient (Wildman–Crippen LogP) is 5.85. The van der Waals surface area contributed by atoms with Crippen LogP contribution in [0.1, 0.15) is 44.1 Å². The standard InChI is InChI=1S/C25H25N3O2/c29-24(26-19-10-3-1-4-11-19)28-27-22-17-25(15-7-2-8-16-25)30-23-20-12-6-5-9-18(20)13-14-21(22)23/h1,3-6,9-14H,2,7-8,15-17H2,(H2,26,28,29)/b27-22+. The zero-order valence-electron chi connectivity index (χ0n) is 16.9. The van der Waals surface area contributed by atoms with E-state index in [2.05, 4.69) is 40.1 Å². The molecule has 5 heteroatoms. The smallest absolute Gasteiger partial charge is 0.339 e. The number of urea groups is 1. The number of benzene rings is 3. The zero-order valence-corrected chi connectivity index (χ0v) is 16.9. The highest BCUT2D eigenvalue weighted by atomic mass is 16.5. The van der Waals surface area contributed by atoms with Gasteiger partial charge in [0.15, 0.2) is 0 Å². The van der Waals surface area contributed by atoms with Crippen LogP contribution in [-0.4, -0.2) is 17.3 Å². The van der Waals surface area contributed by atoms with E-state index in [4.69, 9.17) is 4.74 Å². The fourth-order valence-corrected chi connectivity index (χ4v) is 4.61. The Hall–Kier alpha value is -3.34. The minimum atomic E-state index is -0.347. The summed E-state index contributed by atoms with van der Waals surface area (Å²) in [7, 11) is 0. The molecule has 0 bridgehead atoms. The summed E-state index contributed by atoms with van der Waals surface area (Å²) in [5, 5.41) is 9.62. The Labute approximate surface area is 176 Å². The second-order valence-electron chi connectivity index (χ2n) is 8.18. The predicted molar refractivity (Wildman–Crippen MR) is 120 cm³/mol. The van der Waals surface area contributed by atoms with Crippen molar-refractivity contribution in [1.29, 1.82) is 0 Å². The maximum atomic E-state index is 12.4. The lowest BCUT2D eigenvalue weighted by atomic mass is 9.78. The molecule has 2 N–H and O–H groups in total. The van der Waals surface area contributed by atoms with E-state index in [-0.39, 0.29) is 11.6 Å². The number of hydrogen-bond acceptors (Lipinski definition) is 3. The van der Waals surface area contributed by atoms with Crippen molar-refractivity contribution in [2.24, 2.45) is 5.10 Å². The van der Waals surface area contributed by atoms with Crippen molar-refractivity contribution in [3.63, 3.8) is 0 Å². The second-order valence-corrected chi connectivity index (χ2v) is 8.18. The third kappa shape index (κ3) is 3.63. The minimum Gasteiger partial charge on any atom is -0.486 e. The second kappa shape index (κ2) is 7.82. The Morgan fingerprint density at radius 3 is 2.50 bits per heavy atom. The van der Waals surface area contributed by atoms with Gasteiger partial charge in [0.2, 0.25) is 0 Å². The lowest BCUT2D eigenvalue weighted by Crippen LogP contribution is -2.44. The highest BCUT2D eigenvalue weighted by molar-refractivity contribution is 6.09. The van der Waals surface area contributed by atoms with Crippen LogP contribution < -0.4 is 15.5 Å². The van der Waals surface area contributed by atoms with E-state index in [1.54, 1.807) is 0 Å². The molecule has 1 fully saturated rings. The van der Waals surface area contributed by atoms with E-state index in [0.29, 0.717) is 6.42 Å². The molecule has 3 aromatic rings. The van der Waals surface area contributed by atoms with E-state index in [1.807, 2.05) is 42.5 Å². The molecule has 5 nitrogen and oxygen atoms in total. The monoisotopic (exact) mass is 399 g/mol. The lowest BCUT2D eigenvalue weighted by Gasteiger charge is -2.42. The van der Waals surface area contributed by atoms with Crippen LogP contribution in [0.15, 0.2) is 71.8 Å². The van der Waals surface area contributed by atoms with Crippen LogP contribution in [0.2, 0.25) is 0 Å². The van der Waals surface area contributed by atoms with E-state index in [0.717, 1.165) is 59.2 Å². The molecule has 0 saturated heterocycles. The number of hydrazone groups is 1. The van der Waals surface area contributed by atoms with Crippen LogP contribution in [0.25, 0.3) is 10.8 Å². The summed E-state index contributed by atoms with van der Waals surface area (Å²) in [5.41, 5.74) is 5.04. The number of amides is 2. The van der Waals surface area contributed by atoms with Crippen molar-refractivity contribution in [1.82, 2.24) is 5.43 Å². The summed E-state index contributed by atoms with van der Waals surface area (Å²) < 4.78 is 6.70. The van der Waals surface area contributed by atoms with Crippen LogP contribution >= 0.6 is 0 Å². The van der Waals surface area contributed by atoms with Gasteiger partial charge in [-0.3, -0.25) is 0 Å². The van der Waals surface area contributed by atoms with Gasteiger partial charge in [0.05, 0.1) is 5.71 Å². The first-order valence-corrected chi connectivity index (χ1v) is 10.6. The molecule has 1 aliphatic heterocycles. The van der Waals surface area contributed by atoms with Crippen LogP contribution in [0.4, 0.5) is 10.5 Å². The Morgan fingerprint density at radius 1 is 0.900 bits per heavy atom. The molecule has 0 aromatic heterocycles. The van der Waals surface area contributed by atoms with Crippen molar-refractivity contribution in [3.05, 3.63) is 72.3 Å². The summed E-state index contributed by atoms with van der Waals surface area (Å²) in [6.07, 6.45) is 6.32. The first kappa shape index (κ1) is 18.7. The molecule has 1 aliphatic carbocycles. The molecule has 5 rings (SSSR count). The van der Waals surface area contributed by atoms with Crippen molar-refractivity contribution >= 4 is 28.2 Å². The van der Waals surface area contributed by atoms with Crippen molar-refractivity contribution in [2.45, 2.75) is 44.1 Å². The van der Waals surface area contributed by atoms with Crippen LogP contribution in [0, 0.1) is 0 Å². The van der Waals surface area contributed by atoms with Crippen LogP contribution in [0.3, 0.4) is 0 Å². The quantitative estimate of drug-likeness (QED) is 0.531. The largest absolute Gasteiger partial charge is 0.486 e. The van der Waals surface area contributed by atoms with Gasteiger partial charge in [0.1, 0.15) is 11.4 Å². The van der Waals surface area contributed by atoms with Gasteiger partial charge < -0.3 is 10.1 Å². The first-order chi connectivity index (χ1) is 14.7. The van der Waals surface area contributed by atoms with Gasteiger partial charge in [-0.25, -0.2) is 10.2 Å². The Bertz CT molecular complexity index is 1100. The molecule has 1 heterocycles. The highest BCUT2D eigenvalue weighted by Gasteiger charge is 2.41. The number of carbonyl (C=O) groups is 1. The minimum absolute atomic E-state index is 0.230. The van der Waals surface area contributed by atoms with Crippen LogP contribution in [0.5, 0.6) is 5.75 Å². The summed E-state index contributed by atoms with van der Waals surface area (Å²) in [4.78, 5) is 12.4. The Balaban J connectivity index is 1.48. The molecular weight excluding hydrogens is 374 g/mol. The third-order valence-corrected chi connectivity index (χ3v) is 6.09. The lowest BCUT2D eigenvalue weighted by molar-refractivity contribution is 0.0336. The average molecular weight is 399 g/mol. The molecule has 3 aromatic carbocycles. The van der Waals surface area contributed by atoms with Gasteiger partial charge in [0.25, 0.3) is 0 Å². The molecule has 1 spiro atoms. The number of hydrogen-bond donors (Lipinski definition) is 2. The van der Waals surface area contributed by atoms with Gasteiger partial charge in [0, 0.05) is 23.1 Å². The molecule has 152 valence electrons. The average Bonchev–Trinajstić information content (AvgIpc) is 2.78. The maximum Gasteiger partial charge on any atom is 0.339 e. The van der Waals surface area contributed by atoms with Crippen molar-refractivity contribution in [2.75, 3.05) is 5.32 Å². The van der Waals surface area contributed by atoms with E-state index in [9.17, 15) is 4.79 Å². The molecule has 2 aliphatic rings. The fourth-order valence-electron chi connectivity index (χ4n) is 4.61. The molecular formula is C25H25N3O2. The maximum absolute atomic E-state index is 12.4. The van der Waals surface area contributed by atoms with Crippen molar-refractivity contribution in [3.8, 4) is 5.75 Å². The number of ether oxygens (including phenoxy) is 1. The number of nitrogens with zero attached hydrogens (tertiary/aromatic N) is 1. The fraction of sp³-hybridized carbons (Fsp3) is 0.280. The van der Waals surface area contributed by atoms with Gasteiger partial charge in [-0.2, -0.15) is 5.10 Å². The van der Waals surface area contributed by atoms with Gasteiger partial charge in [-0.15, -0.1) is 0 Å². The third-order valence-electron chi connectivity index (χ3n) is 6.09. The summed E-state index contributed by atoms with van der Waals surface area (Å²) in [6.45, 7) is 0. The molecule has 0 radical (unpaired) electrons. The van der Waals surface area contributed by atoms with E-state index >= 15 is 0 Å². The first-order valence-electron chi connectivity index (χ1n) is 10.6. The number of nitrogens with one attached hydrogen (secondary N) is 2. The van der Waals surface area contributed by atoms with Crippen LogP contribution in [-0.2, 0) is 0 Å². The number of fused-ring (bicyclic) bond motifs is 3. The SMILES string of the molecule is O=C(N/N=C1\CC2(CCCCC2)Oc2c1ccc1ccccc21)Nc1ccccc1. The number of rotatable bonds is 2. The normalized spacial score (nSPS) is 18.6. The molecule has 1 saturated carbocycles. The number of anilines is 1. The number of para-hydroxylation sites is 1. The Kier molecular flexibility index (Phi) is 4.87. The van der Waals surface area contributed by atoms with E-state index < -0.39 is 0 Å². The highest BCUT2D eigenvalue weighted by Crippen LogP contribution is 2.44. The Morgan fingerprint density at radius 2 is 1.67 bits per heavy atom. The zero-order chi connectivity index (χ0) is 20.4. The van der Waals surface area contributed by atoms with Gasteiger partial charge in [-0.1, -0.05) is 55.0 Å². The number of carbonyl (C=O) groups excluding carboxylic acids is 1. The van der Waals surface area contributed by atoms with Crippen molar-refractivity contribution < 1.29 is 9.53 Å². The summed E-state index contributed by atoms with van der Waals surface area (Å²) >= 11 is 0. The van der Waals surface area contributed by atoms with Gasteiger partial charge in [-0.05, 0) is 49.3 Å². The van der Waals surface area contributed by atoms with E-state index in [1.165, 1.54) is 6.42 Å². The summed E-state index contributed by atoms with van der Waals surface area (Å²) in [6, 6.07) is 21.5. The molecule has 0 unspecified atom stereocenters.